The standard InChI is InChI=1S/C12H12ClN3O/c1-6-11(7(2)16-15-6)8-3-4-10(13)9(5-8)12(14)17/h3-5H,1-2H3,(H2,14,17)(H,15,16). The molecule has 0 saturated heterocycles. The van der Waals surface area contributed by atoms with Gasteiger partial charge < -0.3 is 5.73 Å². The molecule has 17 heavy (non-hydrogen) atoms. The van der Waals surface area contributed by atoms with Crippen LogP contribution in [0.15, 0.2) is 18.2 Å². The Morgan fingerprint density at radius 3 is 2.65 bits per heavy atom. The highest BCUT2D eigenvalue weighted by Gasteiger charge is 2.13. The van der Waals surface area contributed by atoms with Crippen LogP contribution in [0.4, 0.5) is 0 Å². The minimum atomic E-state index is -0.532. The molecule has 5 heteroatoms. The molecule has 1 aromatic heterocycles. The van der Waals surface area contributed by atoms with Crippen LogP contribution in [0.1, 0.15) is 21.7 Å². The lowest BCUT2D eigenvalue weighted by molar-refractivity contribution is 0.100. The van der Waals surface area contributed by atoms with Crippen molar-refractivity contribution < 1.29 is 4.79 Å². The van der Waals surface area contributed by atoms with Crippen LogP contribution in [0, 0.1) is 13.8 Å². The molecule has 1 amide bonds. The minimum Gasteiger partial charge on any atom is -0.366 e. The molecule has 1 heterocycles. The van der Waals surface area contributed by atoms with Gasteiger partial charge in [0.15, 0.2) is 0 Å². The smallest absolute Gasteiger partial charge is 0.250 e. The molecule has 0 fully saturated rings. The summed E-state index contributed by atoms with van der Waals surface area (Å²) in [5.41, 5.74) is 9.27. The van der Waals surface area contributed by atoms with Gasteiger partial charge in [-0.05, 0) is 31.5 Å². The van der Waals surface area contributed by atoms with Gasteiger partial charge in [-0.3, -0.25) is 9.89 Å². The van der Waals surface area contributed by atoms with Crippen LogP contribution in [0.3, 0.4) is 0 Å². The number of amides is 1. The fourth-order valence-electron chi connectivity index (χ4n) is 1.85. The first-order valence-corrected chi connectivity index (χ1v) is 5.49. The zero-order valence-electron chi connectivity index (χ0n) is 9.54. The van der Waals surface area contributed by atoms with Gasteiger partial charge in [0.25, 0.3) is 0 Å². The fourth-order valence-corrected chi connectivity index (χ4v) is 2.06. The lowest BCUT2D eigenvalue weighted by atomic mass is 10.0. The Bertz CT molecular complexity index is 570. The van der Waals surface area contributed by atoms with Gasteiger partial charge in [0.05, 0.1) is 16.3 Å². The molecule has 88 valence electrons. The second kappa shape index (κ2) is 4.22. The SMILES string of the molecule is Cc1n[nH]c(C)c1-c1ccc(Cl)c(C(N)=O)c1. The van der Waals surface area contributed by atoms with Gasteiger partial charge in [0.2, 0.25) is 5.91 Å². The molecule has 2 rings (SSSR count). The Balaban J connectivity index is 2.62. The molecule has 4 nitrogen and oxygen atoms in total. The number of aryl methyl sites for hydroxylation is 2. The van der Waals surface area contributed by atoms with E-state index in [-0.39, 0.29) is 0 Å². The third-order valence-electron chi connectivity index (χ3n) is 2.65. The van der Waals surface area contributed by atoms with E-state index < -0.39 is 5.91 Å². The Morgan fingerprint density at radius 2 is 2.12 bits per heavy atom. The van der Waals surface area contributed by atoms with Crippen molar-refractivity contribution in [1.29, 1.82) is 0 Å². The summed E-state index contributed by atoms with van der Waals surface area (Å²) in [6.45, 7) is 3.82. The van der Waals surface area contributed by atoms with Crippen LogP contribution in [0.2, 0.25) is 5.02 Å². The van der Waals surface area contributed by atoms with E-state index in [9.17, 15) is 4.79 Å². The number of carbonyl (C=O) groups excluding carboxylic acids is 1. The number of carbonyl (C=O) groups is 1. The minimum absolute atomic E-state index is 0.323. The van der Waals surface area contributed by atoms with Crippen LogP contribution in [-0.4, -0.2) is 16.1 Å². The largest absolute Gasteiger partial charge is 0.366 e. The van der Waals surface area contributed by atoms with Crippen molar-refractivity contribution >= 4 is 17.5 Å². The summed E-state index contributed by atoms with van der Waals surface area (Å²) in [7, 11) is 0. The maximum atomic E-state index is 11.2. The summed E-state index contributed by atoms with van der Waals surface area (Å²) in [5, 5.41) is 7.38. The normalized spacial score (nSPS) is 10.5. The van der Waals surface area contributed by atoms with Crippen molar-refractivity contribution in [3.8, 4) is 11.1 Å². The molecule has 1 aromatic carbocycles. The molecule has 0 unspecified atom stereocenters. The average molecular weight is 250 g/mol. The number of hydrogen-bond acceptors (Lipinski definition) is 2. The quantitative estimate of drug-likeness (QED) is 0.858. The maximum absolute atomic E-state index is 11.2. The molecular weight excluding hydrogens is 238 g/mol. The molecule has 0 bridgehead atoms. The van der Waals surface area contributed by atoms with Gasteiger partial charge in [0.1, 0.15) is 0 Å². The van der Waals surface area contributed by atoms with Gasteiger partial charge in [-0.1, -0.05) is 17.7 Å². The number of nitrogens with two attached hydrogens (primary N) is 1. The van der Waals surface area contributed by atoms with E-state index in [1.54, 1.807) is 12.1 Å². The number of rotatable bonds is 2. The molecule has 0 aliphatic rings. The van der Waals surface area contributed by atoms with Crippen molar-refractivity contribution in [3.05, 3.63) is 40.2 Å². The third-order valence-corrected chi connectivity index (χ3v) is 2.98. The highest BCUT2D eigenvalue weighted by atomic mass is 35.5. The Kier molecular flexibility index (Phi) is 2.90. The topological polar surface area (TPSA) is 71.8 Å². The van der Waals surface area contributed by atoms with Crippen LogP contribution >= 0.6 is 11.6 Å². The molecule has 0 aliphatic carbocycles. The van der Waals surface area contributed by atoms with Crippen molar-refractivity contribution in [3.63, 3.8) is 0 Å². The second-order valence-corrected chi connectivity index (χ2v) is 4.28. The fraction of sp³-hybridized carbons (Fsp3) is 0.167. The van der Waals surface area contributed by atoms with Crippen LogP contribution < -0.4 is 5.73 Å². The van der Waals surface area contributed by atoms with Crippen molar-refractivity contribution in [2.75, 3.05) is 0 Å². The first kappa shape index (κ1) is 11.7. The summed E-state index contributed by atoms with van der Waals surface area (Å²) in [4.78, 5) is 11.2. The van der Waals surface area contributed by atoms with E-state index in [0.29, 0.717) is 10.6 Å². The van der Waals surface area contributed by atoms with Crippen molar-refractivity contribution in [2.45, 2.75) is 13.8 Å². The highest BCUT2D eigenvalue weighted by molar-refractivity contribution is 6.33. The van der Waals surface area contributed by atoms with E-state index in [0.717, 1.165) is 22.5 Å². The molecular formula is C12H12ClN3O. The van der Waals surface area contributed by atoms with Gasteiger partial charge >= 0.3 is 0 Å². The highest BCUT2D eigenvalue weighted by Crippen LogP contribution is 2.28. The Morgan fingerprint density at radius 1 is 1.41 bits per heavy atom. The predicted octanol–water partition coefficient (Wildman–Crippen LogP) is 2.45. The number of nitrogens with one attached hydrogen (secondary N) is 1. The van der Waals surface area contributed by atoms with Crippen LogP contribution in [0.5, 0.6) is 0 Å². The molecule has 0 spiro atoms. The predicted molar refractivity (Wildman–Crippen MR) is 67.0 cm³/mol. The zero-order valence-corrected chi connectivity index (χ0v) is 10.3. The number of aromatic nitrogens is 2. The zero-order chi connectivity index (χ0) is 12.6. The van der Waals surface area contributed by atoms with Crippen LogP contribution in [-0.2, 0) is 0 Å². The Hall–Kier alpha value is -1.81. The third kappa shape index (κ3) is 2.03. The lowest BCUT2D eigenvalue weighted by Gasteiger charge is -2.05. The van der Waals surface area contributed by atoms with Gasteiger partial charge in [-0.2, -0.15) is 5.10 Å². The number of benzene rings is 1. The number of hydrogen-bond donors (Lipinski definition) is 2. The first-order valence-electron chi connectivity index (χ1n) is 5.12. The Labute approximate surface area is 104 Å². The summed E-state index contributed by atoms with van der Waals surface area (Å²) in [6, 6.07) is 5.21. The van der Waals surface area contributed by atoms with Gasteiger partial charge in [0, 0.05) is 11.3 Å². The van der Waals surface area contributed by atoms with E-state index in [1.807, 2.05) is 19.9 Å². The average Bonchev–Trinajstić information content (AvgIpc) is 2.59. The van der Waals surface area contributed by atoms with Crippen molar-refractivity contribution in [1.82, 2.24) is 10.2 Å². The summed E-state index contributed by atoms with van der Waals surface area (Å²) < 4.78 is 0. The van der Waals surface area contributed by atoms with E-state index in [2.05, 4.69) is 10.2 Å². The molecule has 0 saturated carbocycles. The number of primary amides is 1. The van der Waals surface area contributed by atoms with Gasteiger partial charge in [-0.25, -0.2) is 0 Å². The lowest BCUT2D eigenvalue weighted by Crippen LogP contribution is -2.11. The second-order valence-electron chi connectivity index (χ2n) is 3.87. The summed E-state index contributed by atoms with van der Waals surface area (Å²) in [5.74, 6) is -0.532. The van der Waals surface area contributed by atoms with E-state index in [4.69, 9.17) is 17.3 Å². The number of H-pyrrole nitrogens is 1. The van der Waals surface area contributed by atoms with Crippen molar-refractivity contribution in [2.24, 2.45) is 5.73 Å². The molecule has 0 aliphatic heterocycles. The van der Waals surface area contributed by atoms with Crippen LogP contribution in [0.25, 0.3) is 11.1 Å². The number of halogens is 1. The van der Waals surface area contributed by atoms with E-state index in [1.165, 1.54) is 0 Å². The first-order chi connectivity index (χ1) is 8.00. The summed E-state index contributed by atoms with van der Waals surface area (Å²) in [6.07, 6.45) is 0. The molecule has 3 N–H and O–H groups in total. The van der Waals surface area contributed by atoms with E-state index >= 15 is 0 Å². The molecule has 2 aromatic rings. The maximum Gasteiger partial charge on any atom is 0.250 e. The summed E-state index contributed by atoms with van der Waals surface area (Å²) >= 11 is 5.91. The molecule has 0 atom stereocenters. The van der Waals surface area contributed by atoms with Gasteiger partial charge in [-0.15, -0.1) is 0 Å². The molecule has 0 radical (unpaired) electrons. The number of nitrogens with zero attached hydrogens (tertiary/aromatic N) is 1. The number of aromatic amines is 1. The monoisotopic (exact) mass is 249 g/mol.